The average molecular weight is 363 g/mol. The fourth-order valence-corrected chi connectivity index (χ4v) is 3.17. The molecule has 5 nitrogen and oxygen atoms in total. The van der Waals surface area contributed by atoms with Crippen molar-refractivity contribution >= 4 is 21.7 Å². The smallest absolute Gasteiger partial charge is 0.169 e. The zero-order chi connectivity index (χ0) is 14.9. The van der Waals surface area contributed by atoms with Gasteiger partial charge in [-0.15, -0.1) is 5.10 Å². The number of nitrogens with one attached hydrogen (secondary N) is 1. The van der Waals surface area contributed by atoms with Crippen molar-refractivity contribution in [2.45, 2.75) is 25.3 Å². The molecule has 0 atom stereocenters. The Bertz CT molecular complexity index is 632. The zero-order valence-electron chi connectivity index (χ0n) is 12.3. The number of aromatic nitrogens is 2. The Balaban J connectivity index is 1.20. The van der Waals surface area contributed by atoms with E-state index in [4.69, 9.17) is 4.42 Å². The molecule has 22 heavy (non-hydrogen) atoms. The number of rotatable bonds is 6. The summed E-state index contributed by atoms with van der Waals surface area (Å²) < 4.78 is 6.25. The first-order valence-corrected chi connectivity index (χ1v) is 8.61. The molecule has 0 spiro atoms. The highest BCUT2D eigenvalue weighted by Crippen LogP contribution is 2.38. The first-order chi connectivity index (χ1) is 10.8. The van der Waals surface area contributed by atoms with Crippen molar-refractivity contribution in [1.82, 2.24) is 15.5 Å². The predicted octanol–water partition coefficient (Wildman–Crippen LogP) is 2.94. The Labute approximate surface area is 138 Å². The maximum absolute atomic E-state index is 5.47. The van der Waals surface area contributed by atoms with Gasteiger partial charge in [0.1, 0.15) is 5.76 Å². The molecule has 1 saturated carbocycles. The Hall–Kier alpha value is -1.40. The van der Waals surface area contributed by atoms with Crippen molar-refractivity contribution in [2.24, 2.45) is 5.92 Å². The van der Waals surface area contributed by atoms with E-state index in [1.54, 1.807) is 0 Å². The Morgan fingerprint density at radius 2 is 2.05 bits per heavy atom. The Morgan fingerprint density at radius 3 is 2.68 bits per heavy atom. The molecule has 1 saturated heterocycles. The van der Waals surface area contributed by atoms with E-state index in [2.05, 4.69) is 48.5 Å². The van der Waals surface area contributed by atoms with Gasteiger partial charge in [0.25, 0.3) is 0 Å². The Morgan fingerprint density at radius 1 is 1.18 bits per heavy atom. The van der Waals surface area contributed by atoms with Crippen LogP contribution in [0.1, 0.15) is 30.2 Å². The number of furan rings is 1. The third-order valence-corrected chi connectivity index (χ3v) is 4.74. The average Bonchev–Trinajstić information content (AvgIpc) is 3.25. The fourth-order valence-electron chi connectivity index (χ4n) is 2.83. The van der Waals surface area contributed by atoms with Crippen LogP contribution in [-0.4, -0.2) is 29.8 Å². The summed E-state index contributed by atoms with van der Waals surface area (Å²) in [7, 11) is 0. The molecule has 0 radical (unpaired) electrons. The maximum atomic E-state index is 5.47. The molecule has 6 heteroatoms. The summed E-state index contributed by atoms with van der Waals surface area (Å²) in [5, 5.41) is 12.2. The van der Waals surface area contributed by atoms with Crippen LogP contribution in [0, 0.1) is 5.92 Å². The summed E-state index contributed by atoms with van der Waals surface area (Å²) in [6, 6.07) is 8.16. The van der Waals surface area contributed by atoms with E-state index in [9.17, 15) is 0 Å². The molecular weight excluding hydrogens is 344 g/mol. The van der Waals surface area contributed by atoms with Crippen LogP contribution in [0.25, 0.3) is 0 Å². The third kappa shape index (κ3) is 3.17. The summed E-state index contributed by atoms with van der Waals surface area (Å²) in [6.07, 6.45) is 2.55. The van der Waals surface area contributed by atoms with E-state index in [-0.39, 0.29) is 0 Å². The normalized spacial score (nSPS) is 18.5. The number of hydrogen-bond donors (Lipinski definition) is 1. The number of halogens is 1. The predicted molar refractivity (Wildman–Crippen MR) is 87.8 cm³/mol. The highest BCUT2D eigenvalue weighted by Gasteiger charge is 2.29. The largest absolute Gasteiger partial charge is 0.453 e. The lowest BCUT2D eigenvalue weighted by Crippen LogP contribution is -2.51. The molecule has 1 aliphatic heterocycles. The monoisotopic (exact) mass is 362 g/mol. The molecule has 4 rings (SSSR count). The van der Waals surface area contributed by atoms with E-state index >= 15 is 0 Å². The van der Waals surface area contributed by atoms with Crippen LogP contribution in [0.5, 0.6) is 0 Å². The number of hydrogen-bond acceptors (Lipinski definition) is 5. The second-order valence-electron chi connectivity index (χ2n) is 6.20. The van der Waals surface area contributed by atoms with Crippen molar-refractivity contribution in [3.05, 3.63) is 40.4 Å². The van der Waals surface area contributed by atoms with E-state index in [1.165, 1.54) is 12.8 Å². The van der Waals surface area contributed by atoms with Gasteiger partial charge in [-0.1, -0.05) is 0 Å². The van der Waals surface area contributed by atoms with Crippen molar-refractivity contribution in [3.63, 3.8) is 0 Å². The van der Waals surface area contributed by atoms with Crippen LogP contribution < -0.4 is 10.2 Å². The van der Waals surface area contributed by atoms with Gasteiger partial charge >= 0.3 is 0 Å². The lowest BCUT2D eigenvalue weighted by molar-refractivity contribution is 0.369. The van der Waals surface area contributed by atoms with Gasteiger partial charge in [-0.25, -0.2) is 0 Å². The minimum atomic E-state index is 0.670. The van der Waals surface area contributed by atoms with Gasteiger partial charge in [-0.05, 0) is 53.0 Å². The van der Waals surface area contributed by atoms with Crippen LogP contribution in [0.4, 0.5) is 5.82 Å². The molecule has 2 aliphatic rings. The molecule has 0 aromatic carbocycles. The standard InChI is InChI=1S/C16H19BrN4O/c17-15-5-3-13(22-15)8-18-7-11-9-21(10-11)16-6-4-14(19-20-16)12-1-2-12/h3-6,11-12,18H,1-2,7-10H2. The van der Waals surface area contributed by atoms with Crippen LogP contribution >= 0.6 is 15.9 Å². The Kier molecular flexibility index (Phi) is 3.88. The van der Waals surface area contributed by atoms with Crippen LogP contribution in [0.2, 0.25) is 0 Å². The molecule has 0 unspecified atom stereocenters. The van der Waals surface area contributed by atoms with E-state index < -0.39 is 0 Å². The summed E-state index contributed by atoms with van der Waals surface area (Å²) in [6.45, 7) is 3.87. The molecular formula is C16H19BrN4O. The van der Waals surface area contributed by atoms with Gasteiger partial charge in [-0.2, -0.15) is 5.10 Å². The van der Waals surface area contributed by atoms with Crippen LogP contribution in [-0.2, 0) is 6.54 Å². The molecule has 2 fully saturated rings. The SMILES string of the molecule is Brc1ccc(CNCC2CN(c3ccc(C4CC4)nn3)C2)o1. The zero-order valence-corrected chi connectivity index (χ0v) is 13.9. The number of nitrogens with zero attached hydrogens (tertiary/aromatic N) is 3. The quantitative estimate of drug-likeness (QED) is 0.855. The van der Waals surface area contributed by atoms with Gasteiger partial charge in [0.05, 0.1) is 12.2 Å². The minimum absolute atomic E-state index is 0.670. The summed E-state index contributed by atoms with van der Waals surface area (Å²) in [4.78, 5) is 2.29. The van der Waals surface area contributed by atoms with Crippen molar-refractivity contribution < 1.29 is 4.42 Å². The molecule has 0 bridgehead atoms. The summed E-state index contributed by atoms with van der Waals surface area (Å²) in [5.41, 5.74) is 1.16. The van der Waals surface area contributed by atoms with Gasteiger partial charge < -0.3 is 14.6 Å². The second kappa shape index (κ2) is 6.01. The van der Waals surface area contributed by atoms with E-state index in [0.717, 1.165) is 48.1 Å². The molecule has 1 aliphatic carbocycles. The van der Waals surface area contributed by atoms with Gasteiger partial charge in [0.2, 0.25) is 0 Å². The summed E-state index contributed by atoms with van der Waals surface area (Å²) in [5.74, 6) is 3.32. The topological polar surface area (TPSA) is 54.2 Å². The molecule has 3 heterocycles. The first kappa shape index (κ1) is 14.2. The molecule has 116 valence electrons. The molecule has 2 aromatic rings. The van der Waals surface area contributed by atoms with Crippen molar-refractivity contribution in [2.75, 3.05) is 24.5 Å². The molecule has 0 amide bonds. The van der Waals surface area contributed by atoms with Gasteiger partial charge in [0.15, 0.2) is 10.5 Å². The van der Waals surface area contributed by atoms with Gasteiger partial charge in [0, 0.05) is 31.5 Å². The van der Waals surface area contributed by atoms with Crippen LogP contribution in [0.15, 0.2) is 33.4 Å². The van der Waals surface area contributed by atoms with E-state index in [0.29, 0.717) is 11.8 Å². The highest BCUT2D eigenvalue weighted by atomic mass is 79.9. The molecule has 2 aromatic heterocycles. The van der Waals surface area contributed by atoms with Crippen molar-refractivity contribution in [1.29, 1.82) is 0 Å². The van der Waals surface area contributed by atoms with Gasteiger partial charge in [-0.3, -0.25) is 0 Å². The lowest BCUT2D eigenvalue weighted by atomic mass is 10.0. The van der Waals surface area contributed by atoms with E-state index in [1.807, 2.05) is 12.1 Å². The van der Waals surface area contributed by atoms with Crippen molar-refractivity contribution in [3.8, 4) is 0 Å². The molecule has 1 N–H and O–H groups in total. The van der Waals surface area contributed by atoms with Crippen LogP contribution in [0.3, 0.4) is 0 Å². The summed E-state index contributed by atoms with van der Waals surface area (Å²) >= 11 is 3.32. The number of anilines is 1. The lowest BCUT2D eigenvalue weighted by Gasteiger charge is -2.40. The minimum Gasteiger partial charge on any atom is -0.453 e. The first-order valence-electron chi connectivity index (χ1n) is 7.81. The third-order valence-electron chi connectivity index (χ3n) is 4.31. The highest BCUT2D eigenvalue weighted by molar-refractivity contribution is 9.10. The second-order valence-corrected chi connectivity index (χ2v) is 6.98. The maximum Gasteiger partial charge on any atom is 0.169 e. The fraction of sp³-hybridized carbons (Fsp3) is 0.500.